The molecule has 0 amide bonds. The highest BCUT2D eigenvalue weighted by Gasteiger charge is 2.05. The van der Waals surface area contributed by atoms with Crippen molar-refractivity contribution in [1.82, 2.24) is 0 Å². The topological polar surface area (TPSA) is 92.5 Å². The van der Waals surface area contributed by atoms with Crippen LogP contribution >= 0.6 is 0 Å². The molecular formula is C8H22N2O2. The molecule has 0 saturated heterocycles. The summed E-state index contributed by atoms with van der Waals surface area (Å²) in [6.45, 7) is 5.64. The van der Waals surface area contributed by atoms with Gasteiger partial charge in [0, 0.05) is 11.6 Å². The lowest BCUT2D eigenvalue weighted by molar-refractivity contribution is 0.221. The molecule has 0 aliphatic heterocycles. The zero-order chi connectivity index (χ0) is 10.2. The van der Waals surface area contributed by atoms with Gasteiger partial charge in [-0.2, -0.15) is 0 Å². The van der Waals surface area contributed by atoms with E-state index in [9.17, 15) is 0 Å². The molecule has 0 aliphatic rings. The number of nitrogens with two attached hydrogens (primary N) is 2. The zero-order valence-corrected chi connectivity index (χ0v) is 8.25. The van der Waals surface area contributed by atoms with Gasteiger partial charge in [0.15, 0.2) is 0 Å². The normalized spacial score (nSPS) is 13.2. The second-order valence-electron chi connectivity index (χ2n) is 3.50. The molecule has 0 radical (unpaired) electrons. The quantitative estimate of drug-likeness (QED) is 0.466. The molecule has 4 heteroatoms. The first-order valence-electron chi connectivity index (χ1n) is 4.13. The SMILES string of the molecule is CC(C)(N)CO.CCC(N)CO. The van der Waals surface area contributed by atoms with Crippen molar-refractivity contribution in [2.24, 2.45) is 11.5 Å². The van der Waals surface area contributed by atoms with Crippen molar-refractivity contribution in [3.63, 3.8) is 0 Å². The summed E-state index contributed by atoms with van der Waals surface area (Å²) < 4.78 is 0. The zero-order valence-electron chi connectivity index (χ0n) is 8.25. The van der Waals surface area contributed by atoms with Gasteiger partial charge in [-0.25, -0.2) is 0 Å². The van der Waals surface area contributed by atoms with E-state index < -0.39 is 5.54 Å². The smallest absolute Gasteiger partial charge is 0.0605 e. The Balaban J connectivity index is 0. The Morgan fingerprint density at radius 3 is 1.67 bits per heavy atom. The van der Waals surface area contributed by atoms with Gasteiger partial charge in [-0.1, -0.05) is 6.92 Å². The van der Waals surface area contributed by atoms with Crippen LogP contribution in [0.25, 0.3) is 0 Å². The summed E-state index contributed by atoms with van der Waals surface area (Å²) in [6, 6.07) is -0.00926. The largest absolute Gasteiger partial charge is 0.395 e. The third-order valence-electron chi connectivity index (χ3n) is 1.17. The van der Waals surface area contributed by atoms with Crippen molar-refractivity contribution in [3.05, 3.63) is 0 Å². The molecule has 0 rings (SSSR count). The number of aliphatic hydroxyl groups excluding tert-OH is 2. The highest BCUT2D eigenvalue weighted by molar-refractivity contribution is 4.67. The fourth-order valence-corrected chi connectivity index (χ4v) is 0.129. The minimum absolute atomic E-state index is 0.00926. The van der Waals surface area contributed by atoms with Crippen molar-refractivity contribution < 1.29 is 10.2 Å². The Kier molecular flexibility index (Phi) is 8.97. The predicted molar refractivity (Wildman–Crippen MR) is 50.7 cm³/mol. The maximum absolute atomic E-state index is 8.28. The summed E-state index contributed by atoms with van der Waals surface area (Å²) in [6.07, 6.45) is 0.858. The van der Waals surface area contributed by atoms with E-state index in [1.165, 1.54) is 0 Å². The monoisotopic (exact) mass is 178 g/mol. The molecular weight excluding hydrogens is 156 g/mol. The van der Waals surface area contributed by atoms with E-state index >= 15 is 0 Å². The average molecular weight is 178 g/mol. The van der Waals surface area contributed by atoms with E-state index in [2.05, 4.69) is 0 Å². The molecule has 0 heterocycles. The fourth-order valence-electron chi connectivity index (χ4n) is 0.129. The molecule has 0 fully saturated rings. The highest BCUT2D eigenvalue weighted by Crippen LogP contribution is 1.90. The summed E-state index contributed by atoms with van der Waals surface area (Å²) in [5.41, 5.74) is 10.1. The minimum Gasteiger partial charge on any atom is -0.395 e. The Morgan fingerprint density at radius 1 is 1.33 bits per heavy atom. The molecule has 0 aliphatic carbocycles. The van der Waals surface area contributed by atoms with E-state index in [1.807, 2.05) is 6.92 Å². The van der Waals surface area contributed by atoms with Crippen LogP contribution in [0.5, 0.6) is 0 Å². The van der Waals surface area contributed by atoms with Crippen LogP contribution in [-0.2, 0) is 0 Å². The fraction of sp³-hybridized carbons (Fsp3) is 1.00. The van der Waals surface area contributed by atoms with Gasteiger partial charge in [0.1, 0.15) is 0 Å². The highest BCUT2D eigenvalue weighted by atomic mass is 16.3. The second-order valence-corrected chi connectivity index (χ2v) is 3.50. The van der Waals surface area contributed by atoms with Crippen LogP contribution in [0.3, 0.4) is 0 Å². The summed E-state index contributed by atoms with van der Waals surface area (Å²) >= 11 is 0. The van der Waals surface area contributed by atoms with E-state index in [4.69, 9.17) is 21.7 Å². The molecule has 0 aromatic heterocycles. The number of hydrogen-bond donors (Lipinski definition) is 4. The van der Waals surface area contributed by atoms with Crippen LogP contribution in [0.15, 0.2) is 0 Å². The third kappa shape index (κ3) is 16.4. The lowest BCUT2D eigenvalue weighted by Crippen LogP contribution is -2.35. The van der Waals surface area contributed by atoms with Gasteiger partial charge in [-0.15, -0.1) is 0 Å². The van der Waals surface area contributed by atoms with Crippen LogP contribution in [-0.4, -0.2) is 35.0 Å². The van der Waals surface area contributed by atoms with Gasteiger partial charge in [0.2, 0.25) is 0 Å². The van der Waals surface area contributed by atoms with Crippen LogP contribution in [0.4, 0.5) is 0 Å². The van der Waals surface area contributed by atoms with Gasteiger partial charge in [-0.3, -0.25) is 0 Å². The molecule has 0 bridgehead atoms. The first kappa shape index (κ1) is 14.4. The first-order valence-corrected chi connectivity index (χ1v) is 4.13. The lowest BCUT2D eigenvalue weighted by Gasteiger charge is -2.12. The van der Waals surface area contributed by atoms with E-state index in [0.717, 1.165) is 6.42 Å². The molecule has 0 spiro atoms. The molecule has 1 atom stereocenters. The third-order valence-corrected chi connectivity index (χ3v) is 1.17. The summed E-state index contributed by atoms with van der Waals surface area (Å²) in [5.74, 6) is 0. The molecule has 0 aromatic rings. The Labute approximate surface area is 74.6 Å². The van der Waals surface area contributed by atoms with E-state index in [-0.39, 0.29) is 19.3 Å². The maximum atomic E-state index is 8.28. The predicted octanol–water partition coefficient (Wildman–Crippen LogP) is -0.568. The van der Waals surface area contributed by atoms with Crippen molar-refractivity contribution in [3.8, 4) is 0 Å². The first-order chi connectivity index (χ1) is 5.37. The maximum Gasteiger partial charge on any atom is 0.0605 e. The van der Waals surface area contributed by atoms with E-state index in [0.29, 0.717) is 0 Å². The molecule has 4 nitrogen and oxygen atoms in total. The van der Waals surface area contributed by atoms with Gasteiger partial charge in [0.05, 0.1) is 13.2 Å². The Bertz CT molecular complexity index is 87.5. The second kappa shape index (κ2) is 7.49. The van der Waals surface area contributed by atoms with Crippen molar-refractivity contribution in [2.75, 3.05) is 13.2 Å². The molecule has 12 heavy (non-hydrogen) atoms. The number of hydrogen-bond acceptors (Lipinski definition) is 4. The molecule has 0 aromatic carbocycles. The Morgan fingerprint density at radius 2 is 1.67 bits per heavy atom. The van der Waals surface area contributed by atoms with E-state index in [1.54, 1.807) is 13.8 Å². The molecule has 1 unspecified atom stereocenters. The van der Waals surface area contributed by atoms with Crippen molar-refractivity contribution in [1.29, 1.82) is 0 Å². The van der Waals surface area contributed by atoms with Gasteiger partial charge < -0.3 is 21.7 Å². The number of rotatable bonds is 3. The molecule has 0 saturated carbocycles. The van der Waals surface area contributed by atoms with Crippen LogP contribution in [0.2, 0.25) is 0 Å². The van der Waals surface area contributed by atoms with Crippen LogP contribution in [0.1, 0.15) is 27.2 Å². The lowest BCUT2D eigenvalue weighted by atomic mass is 10.1. The minimum atomic E-state index is -0.403. The molecule has 76 valence electrons. The van der Waals surface area contributed by atoms with Crippen LogP contribution in [0, 0.1) is 0 Å². The Hall–Kier alpha value is -0.160. The summed E-state index contributed by atoms with van der Waals surface area (Å²) in [5, 5.41) is 16.5. The van der Waals surface area contributed by atoms with Crippen molar-refractivity contribution in [2.45, 2.75) is 38.8 Å². The van der Waals surface area contributed by atoms with Gasteiger partial charge in [-0.05, 0) is 20.3 Å². The summed E-state index contributed by atoms with van der Waals surface area (Å²) in [7, 11) is 0. The standard InChI is InChI=1S/2C4H11NO/c1-4(2,5)3-6;1-2-4(5)3-6/h6H,3,5H2,1-2H3;4,6H,2-3,5H2,1H3. The van der Waals surface area contributed by atoms with Gasteiger partial charge in [0.25, 0.3) is 0 Å². The van der Waals surface area contributed by atoms with Crippen molar-refractivity contribution >= 4 is 0 Å². The number of aliphatic hydroxyl groups is 2. The summed E-state index contributed by atoms with van der Waals surface area (Å²) in [4.78, 5) is 0. The van der Waals surface area contributed by atoms with Gasteiger partial charge >= 0.3 is 0 Å². The van der Waals surface area contributed by atoms with Crippen LogP contribution < -0.4 is 11.5 Å². The molecule has 6 N–H and O–H groups in total. The average Bonchev–Trinajstić information content (AvgIpc) is 2.03.